The van der Waals surface area contributed by atoms with Gasteiger partial charge in [0.15, 0.2) is 0 Å². The molecule has 1 saturated heterocycles. The summed E-state index contributed by atoms with van der Waals surface area (Å²) in [7, 11) is 6.00. The molecule has 1 aromatic carbocycles. The second-order valence-electron chi connectivity index (χ2n) is 9.10. The number of carbonyl (C=O) groups excluding carboxylic acids is 8. The molecular weight excluding hydrogens is 773 g/mol. The average Bonchev–Trinajstić information content (AvgIpc) is 3.33. The molecule has 0 radical (unpaired) electrons. The minimum absolute atomic E-state index is 0. The van der Waals surface area contributed by atoms with Crippen LogP contribution in [0.25, 0.3) is 0 Å². The van der Waals surface area contributed by atoms with Crippen LogP contribution in [0, 0.1) is 11.8 Å². The predicted octanol–water partition coefficient (Wildman–Crippen LogP) is 7.30. The molecule has 18 N–H and O–H groups in total. The summed E-state index contributed by atoms with van der Waals surface area (Å²) in [5, 5.41) is 8.06. The highest BCUT2D eigenvalue weighted by atomic mass is 16.3. The number of nitrogens with two attached hydrogens (primary N) is 4. The third kappa shape index (κ3) is 313. The molecule has 1 aromatic rings. The first kappa shape index (κ1) is 124. The molecule has 1 aliphatic heterocycles. The standard InChI is InChI=1S/C8H10.C7H13NO.2C5H12.C3H8O.2C2H6.4CH5N.7CH2O.3H3N/c1-2-8-6-4-3-5-7-8;1-7(9)8-5-3-2-4-6-8;2*1-4-5(2)3;1-3(2)4;13*1-2;;;/h3-7H,2H2,1H3;2-6H2,1H3;2*5H,4H2,1-3H3;3-4H,1-2H3;2*1-2H3;4*2H2,1H3;7*1H2;3*1H3. The monoisotopic (exact) mass is 883 g/mol. The van der Waals surface area contributed by atoms with E-state index in [0.29, 0.717) is 0 Å². The smallest absolute Gasteiger partial charge is 0.219 e. The molecule has 1 amide bonds. The number of rotatable bonds is 3. The largest absolute Gasteiger partial charge is 0.394 e. The van der Waals surface area contributed by atoms with Crippen molar-refractivity contribution in [1.29, 1.82) is 0 Å². The molecule has 0 bridgehead atoms. The molecule has 17 nitrogen and oxygen atoms in total. The van der Waals surface area contributed by atoms with E-state index in [1.165, 1.54) is 65.9 Å². The number of aliphatic hydroxyl groups is 1. The summed E-state index contributed by atoms with van der Waals surface area (Å²) >= 11 is 0. The maximum Gasteiger partial charge on any atom is 0.219 e. The van der Waals surface area contributed by atoms with E-state index in [9.17, 15) is 4.79 Å². The van der Waals surface area contributed by atoms with E-state index in [-0.39, 0.29) is 30.5 Å². The van der Waals surface area contributed by atoms with Gasteiger partial charge in [0.05, 0.1) is 0 Å². The minimum Gasteiger partial charge on any atom is -0.394 e. The van der Waals surface area contributed by atoms with Crippen LogP contribution < -0.4 is 41.4 Å². The highest BCUT2D eigenvalue weighted by molar-refractivity contribution is 5.73. The minimum atomic E-state index is -0.167. The molecule has 376 valence electrons. The Morgan fingerprint density at radius 3 is 0.817 bits per heavy atom. The van der Waals surface area contributed by atoms with E-state index >= 15 is 0 Å². The molecular formula is C43H110N8O9. The van der Waals surface area contributed by atoms with Crippen LogP contribution in [0.1, 0.15) is 135 Å². The van der Waals surface area contributed by atoms with Gasteiger partial charge >= 0.3 is 0 Å². The van der Waals surface area contributed by atoms with Gasteiger partial charge in [-0.05, 0) is 85.1 Å². The number of aryl methyl sites for hydroxylation is 1. The summed E-state index contributed by atoms with van der Waals surface area (Å²) in [6.07, 6.45) is 7.27. The second-order valence-corrected chi connectivity index (χ2v) is 9.10. The number of piperidine rings is 1. The molecule has 2 rings (SSSR count). The topological polar surface area (TPSA) is 369 Å². The van der Waals surface area contributed by atoms with Gasteiger partial charge in [0.2, 0.25) is 5.91 Å². The summed E-state index contributed by atoms with van der Waals surface area (Å²) in [4.78, 5) is 68.6. The molecule has 0 atom stereocenters. The molecule has 1 heterocycles. The summed E-state index contributed by atoms with van der Waals surface area (Å²) in [5.74, 6) is 2.00. The van der Waals surface area contributed by atoms with E-state index in [1.807, 2.05) is 86.2 Å². The fourth-order valence-electron chi connectivity index (χ4n) is 1.92. The van der Waals surface area contributed by atoms with Gasteiger partial charge in [-0.3, -0.25) is 4.79 Å². The molecule has 0 spiro atoms. The lowest BCUT2D eigenvalue weighted by atomic mass is 10.1. The Morgan fingerprint density at radius 2 is 0.717 bits per heavy atom. The second kappa shape index (κ2) is 220. The Hall–Kier alpha value is -3.94. The first-order valence-electron chi connectivity index (χ1n) is 18.8. The van der Waals surface area contributed by atoms with Crippen molar-refractivity contribution in [2.75, 3.05) is 41.3 Å². The van der Waals surface area contributed by atoms with Crippen molar-refractivity contribution in [2.45, 2.75) is 142 Å². The number of amides is 1. The molecule has 60 heavy (non-hydrogen) atoms. The van der Waals surface area contributed by atoms with Gasteiger partial charge in [-0.25, -0.2) is 0 Å². The van der Waals surface area contributed by atoms with E-state index < -0.39 is 0 Å². The van der Waals surface area contributed by atoms with E-state index in [4.69, 9.17) is 38.7 Å². The number of hydrogen-bond acceptors (Lipinski definition) is 16. The van der Waals surface area contributed by atoms with Crippen LogP contribution in [0.5, 0.6) is 0 Å². The van der Waals surface area contributed by atoms with Crippen molar-refractivity contribution in [3.8, 4) is 0 Å². The molecule has 1 aliphatic rings. The molecule has 0 saturated carbocycles. The van der Waals surface area contributed by atoms with Crippen molar-refractivity contribution >= 4 is 53.4 Å². The Balaban J connectivity index is -0.0000000182. The van der Waals surface area contributed by atoms with Crippen molar-refractivity contribution in [3.63, 3.8) is 0 Å². The number of likely N-dealkylation sites (tertiary alicyclic amines) is 1. The van der Waals surface area contributed by atoms with E-state index in [0.717, 1.165) is 31.3 Å². The SMILES string of the molecule is C=O.C=O.C=O.C=O.C=O.C=O.C=O.CC.CC.CC(=O)N1CCCCC1.CC(C)O.CCC(C)C.CCC(C)C.CCc1ccccc1.CN.CN.CN.CN.N.N.N. The zero-order chi connectivity index (χ0) is 50.7. The fourth-order valence-corrected chi connectivity index (χ4v) is 1.92. The van der Waals surface area contributed by atoms with Crippen LogP contribution in [-0.2, 0) is 44.8 Å². The fraction of sp³-hybridized carbons (Fsp3) is 0.674. The first-order chi connectivity index (χ1) is 27.5. The Morgan fingerprint density at radius 1 is 0.533 bits per heavy atom. The third-order valence-electron chi connectivity index (χ3n) is 4.69. The quantitative estimate of drug-likeness (QED) is 0.147. The normalized spacial score (nSPS) is 7.47. The van der Waals surface area contributed by atoms with Gasteiger partial charge in [0, 0.05) is 26.1 Å². The Bertz CT molecular complexity index is 583. The van der Waals surface area contributed by atoms with Crippen molar-refractivity contribution in [3.05, 3.63) is 35.9 Å². The van der Waals surface area contributed by atoms with Gasteiger partial charge in [0.1, 0.15) is 47.5 Å². The molecule has 0 unspecified atom stereocenters. The number of hydrogen-bond donors (Lipinski definition) is 8. The highest BCUT2D eigenvalue weighted by Gasteiger charge is 2.11. The molecule has 0 aromatic heterocycles. The lowest BCUT2D eigenvalue weighted by molar-refractivity contribution is -0.129. The van der Waals surface area contributed by atoms with Crippen LogP contribution in [0.3, 0.4) is 0 Å². The van der Waals surface area contributed by atoms with Crippen LogP contribution in [0.2, 0.25) is 0 Å². The summed E-state index contributed by atoms with van der Waals surface area (Å²) in [6.45, 7) is 44.5. The average molecular weight is 883 g/mol. The maximum atomic E-state index is 10.7. The van der Waals surface area contributed by atoms with Gasteiger partial charge in [0.25, 0.3) is 0 Å². The molecule has 1 fully saturated rings. The first-order valence-corrected chi connectivity index (χ1v) is 18.8. The number of nitrogens with zero attached hydrogens (tertiary/aromatic N) is 1. The zero-order valence-electron chi connectivity index (χ0n) is 42.8. The number of carbonyl (C=O) groups is 8. The van der Waals surface area contributed by atoms with Gasteiger partial charge < -0.3 is 85.0 Å². The summed E-state index contributed by atoms with van der Waals surface area (Å²) in [5.41, 5.74) is 19.4. The maximum absolute atomic E-state index is 10.7. The predicted molar refractivity (Wildman–Crippen MR) is 268 cm³/mol. The van der Waals surface area contributed by atoms with Gasteiger partial charge in [-0.15, -0.1) is 0 Å². The van der Waals surface area contributed by atoms with Crippen molar-refractivity contribution in [2.24, 2.45) is 34.8 Å². The lowest BCUT2D eigenvalue weighted by Crippen LogP contribution is -2.33. The lowest BCUT2D eigenvalue weighted by Gasteiger charge is -2.24. The van der Waals surface area contributed by atoms with E-state index in [2.05, 4.69) is 95.7 Å². The van der Waals surface area contributed by atoms with E-state index in [1.54, 1.807) is 20.8 Å². The van der Waals surface area contributed by atoms with Gasteiger partial charge in [-0.1, -0.05) is 119 Å². The zero-order valence-corrected chi connectivity index (χ0v) is 42.8. The Kier molecular flexibility index (Phi) is 453. The molecule has 0 aliphatic carbocycles. The third-order valence-corrected chi connectivity index (χ3v) is 4.69. The molecule has 17 heteroatoms. The van der Waals surface area contributed by atoms with Crippen LogP contribution in [0.15, 0.2) is 30.3 Å². The van der Waals surface area contributed by atoms with Crippen molar-refractivity contribution in [1.82, 2.24) is 23.4 Å². The van der Waals surface area contributed by atoms with Crippen LogP contribution in [-0.4, -0.2) is 111 Å². The van der Waals surface area contributed by atoms with Crippen LogP contribution >= 0.6 is 0 Å². The summed E-state index contributed by atoms with van der Waals surface area (Å²) < 4.78 is 0. The summed E-state index contributed by atoms with van der Waals surface area (Å²) in [6, 6.07) is 10.5. The Labute approximate surface area is 373 Å². The van der Waals surface area contributed by atoms with Gasteiger partial charge in [-0.2, -0.15) is 0 Å². The van der Waals surface area contributed by atoms with Crippen molar-refractivity contribution < 1.29 is 43.5 Å². The highest BCUT2D eigenvalue weighted by Crippen LogP contribution is 2.07. The van der Waals surface area contributed by atoms with Crippen LogP contribution in [0.4, 0.5) is 0 Å². The number of aliphatic hydroxyl groups excluding tert-OH is 1. The number of benzene rings is 1.